The van der Waals surface area contributed by atoms with Crippen molar-refractivity contribution in [3.8, 4) is 5.69 Å². The minimum atomic E-state index is 0.128. The molecule has 0 atom stereocenters. The van der Waals surface area contributed by atoms with E-state index in [0.717, 1.165) is 5.69 Å². The first-order valence-electron chi connectivity index (χ1n) is 7.85. The highest BCUT2D eigenvalue weighted by molar-refractivity contribution is 6.30. The molecule has 0 amide bonds. The fourth-order valence-electron chi connectivity index (χ4n) is 2.41. The van der Waals surface area contributed by atoms with E-state index in [4.69, 9.17) is 11.6 Å². The van der Waals surface area contributed by atoms with Gasteiger partial charge in [-0.15, -0.1) is 10.2 Å². The van der Waals surface area contributed by atoms with Gasteiger partial charge in [0.25, 0.3) is 0 Å². The predicted molar refractivity (Wildman–Crippen MR) is 94.1 cm³/mol. The van der Waals surface area contributed by atoms with Crippen molar-refractivity contribution in [1.29, 1.82) is 0 Å². The minimum absolute atomic E-state index is 0.128. The molecule has 0 aliphatic carbocycles. The molecule has 0 saturated heterocycles. The van der Waals surface area contributed by atoms with Gasteiger partial charge in [-0.3, -0.25) is 9.36 Å². The predicted octanol–water partition coefficient (Wildman–Crippen LogP) is 1.98. The topological polar surface area (TPSA) is 81.7 Å². The highest BCUT2D eigenvalue weighted by Gasteiger charge is 2.19. The number of Topliss-reactive ketones (excluding diaryl/α,β-unsaturated/α-hetero) is 1. The number of ketones is 1. The number of rotatable bonds is 7. The zero-order chi connectivity index (χ0) is 17.8. The highest BCUT2D eigenvalue weighted by atomic mass is 35.5. The number of carbonyl (C=O) groups excluding carboxylic acids is 1. The lowest BCUT2D eigenvalue weighted by atomic mass is 10.3. The van der Waals surface area contributed by atoms with Gasteiger partial charge in [0.2, 0.25) is 5.95 Å². The average molecular weight is 360 g/mol. The number of aromatic nitrogens is 6. The third kappa shape index (κ3) is 3.85. The van der Waals surface area contributed by atoms with E-state index in [1.807, 2.05) is 30.7 Å². The van der Waals surface area contributed by atoms with Gasteiger partial charge < -0.3 is 4.90 Å². The molecule has 0 unspecified atom stereocenters. The van der Waals surface area contributed by atoms with E-state index in [0.29, 0.717) is 29.8 Å². The van der Waals surface area contributed by atoms with Gasteiger partial charge in [-0.2, -0.15) is 15.0 Å². The number of hydrogen-bond acceptors (Lipinski definition) is 6. The molecule has 9 heteroatoms. The second kappa shape index (κ2) is 7.43. The first-order chi connectivity index (χ1) is 12.1. The Hall–Kier alpha value is -2.74. The lowest BCUT2D eigenvalue weighted by Gasteiger charge is -2.19. The molecule has 2 heterocycles. The Morgan fingerprint density at radius 3 is 2.48 bits per heavy atom. The Morgan fingerprint density at radius 1 is 1.16 bits per heavy atom. The molecule has 0 fully saturated rings. The summed E-state index contributed by atoms with van der Waals surface area (Å²) in [6.45, 7) is 2.47. The maximum Gasteiger partial charge on any atom is 0.232 e. The summed E-state index contributed by atoms with van der Waals surface area (Å²) in [6.07, 6.45) is 3.69. The third-order valence-corrected chi connectivity index (χ3v) is 3.95. The number of benzene rings is 1. The van der Waals surface area contributed by atoms with Crippen LogP contribution in [0.15, 0.2) is 36.7 Å². The molecule has 8 nitrogen and oxygen atoms in total. The van der Waals surface area contributed by atoms with Gasteiger partial charge in [0.1, 0.15) is 6.54 Å². The van der Waals surface area contributed by atoms with Crippen molar-refractivity contribution in [2.75, 3.05) is 18.5 Å². The fourth-order valence-corrected chi connectivity index (χ4v) is 2.54. The third-order valence-electron chi connectivity index (χ3n) is 3.70. The van der Waals surface area contributed by atoms with Crippen LogP contribution in [0.3, 0.4) is 0 Å². The summed E-state index contributed by atoms with van der Waals surface area (Å²) in [5, 5.41) is 17.4. The molecule has 0 aliphatic rings. The van der Waals surface area contributed by atoms with Crippen molar-refractivity contribution in [3.63, 3.8) is 0 Å². The lowest BCUT2D eigenvalue weighted by Crippen LogP contribution is -2.28. The minimum Gasteiger partial charge on any atom is -0.336 e. The van der Waals surface area contributed by atoms with Gasteiger partial charge in [-0.1, -0.05) is 18.5 Å². The Balaban J connectivity index is 2.01. The summed E-state index contributed by atoms with van der Waals surface area (Å²) in [4.78, 5) is 15.1. The fraction of sp³-hybridized carbons (Fsp3) is 0.312. The monoisotopic (exact) mass is 359 g/mol. The number of carbonyl (C=O) groups is 1. The molecular formula is C16H18ClN7O. The van der Waals surface area contributed by atoms with Gasteiger partial charge in [0.15, 0.2) is 11.6 Å². The van der Waals surface area contributed by atoms with Gasteiger partial charge in [-0.05, 0) is 24.3 Å². The van der Waals surface area contributed by atoms with Gasteiger partial charge in [0, 0.05) is 18.5 Å². The van der Waals surface area contributed by atoms with Crippen LogP contribution in [0.5, 0.6) is 0 Å². The highest BCUT2D eigenvalue weighted by Crippen LogP contribution is 2.21. The molecule has 130 valence electrons. The van der Waals surface area contributed by atoms with E-state index in [9.17, 15) is 4.79 Å². The molecule has 0 saturated carbocycles. The van der Waals surface area contributed by atoms with Crippen molar-refractivity contribution in [2.24, 2.45) is 0 Å². The van der Waals surface area contributed by atoms with Gasteiger partial charge in [0.05, 0.1) is 24.6 Å². The number of likely N-dealkylation sites (N-methyl/N-ethyl adjacent to an activating group) is 1. The Kier molecular flexibility index (Phi) is 5.08. The quantitative estimate of drug-likeness (QED) is 0.641. The van der Waals surface area contributed by atoms with Gasteiger partial charge in [-0.25, -0.2) is 0 Å². The molecule has 25 heavy (non-hydrogen) atoms. The molecule has 2 aromatic heterocycles. The van der Waals surface area contributed by atoms with E-state index < -0.39 is 0 Å². The van der Waals surface area contributed by atoms with E-state index in [2.05, 4.69) is 20.4 Å². The van der Waals surface area contributed by atoms with Crippen molar-refractivity contribution in [2.45, 2.75) is 19.9 Å². The summed E-state index contributed by atoms with van der Waals surface area (Å²) in [6, 6.07) is 7.36. The summed E-state index contributed by atoms with van der Waals surface area (Å²) in [5.74, 6) is 1.36. The number of anilines is 1. The maximum absolute atomic E-state index is 11.8. The van der Waals surface area contributed by atoms with Crippen molar-refractivity contribution in [3.05, 3.63) is 47.5 Å². The van der Waals surface area contributed by atoms with Crippen LogP contribution in [0.25, 0.3) is 5.69 Å². The second-order valence-electron chi connectivity index (χ2n) is 5.54. The van der Waals surface area contributed by atoms with Crippen LogP contribution in [0.1, 0.15) is 19.2 Å². The molecular weight excluding hydrogens is 342 g/mol. The van der Waals surface area contributed by atoms with Crippen LogP contribution in [0, 0.1) is 0 Å². The van der Waals surface area contributed by atoms with Gasteiger partial charge >= 0.3 is 0 Å². The van der Waals surface area contributed by atoms with E-state index in [1.165, 1.54) is 4.80 Å². The van der Waals surface area contributed by atoms with E-state index >= 15 is 0 Å². The second-order valence-corrected chi connectivity index (χ2v) is 5.97. The molecule has 3 rings (SSSR count). The first kappa shape index (κ1) is 17.1. The smallest absolute Gasteiger partial charge is 0.232 e. The Bertz CT molecular complexity index is 842. The van der Waals surface area contributed by atoms with Crippen molar-refractivity contribution in [1.82, 2.24) is 29.8 Å². The van der Waals surface area contributed by atoms with Crippen LogP contribution >= 0.6 is 11.6 Å². The first-order valence-corrected chi connectivity index (χ1v) is 8.23. The molecule has 0 aliphatic heterocycles. The molecule has 0 radical (unpaired) electrons. The number of nitrogens with zero attached hydrogens (tertiary/aromatic N) is 7. The van der Waals surface area contributed by atoms with Crippen LogP contribution in [0.4, 0.5) is 5.95 Å². The van der Waals surface area contributed by atoms with Crippen LogP contribution in [-0.4, -0.2) is 49.1 Å². The summed E-state index contributed by atoms with van der Waals surface area (Å²) in [5.41, 5.74) is 0.849. The zero-order valence-corrected chi connectivity index (χ0v) is 14.8. The lowest BCUT2D eigenvalue weighted by molar-refractivity contribution is -0.117. The Morgan fingerprint density at radius 2 is 1.84 bits per heavy atom. The zero-order valence-electron chi connectivity index (χ0n) is 14.0. The van der Waals surface area contributed by atoms with Crippen LogP contribution < -0.4 is 4.90 Å². The van der Waals surface area contributed by atoms with E-state index in [1.54, 1.807) is 29.4 Å². The van der Waals surface area contributed by atoms with Crippen LogP contribution in [-0.2, 0) is 11.3 Å². The molecule has 3 aromatic rings. The van der Waals surface area contributed by atoms with Crippen molar-refractivity contribution >= 4 is 23.3 Å². The SMILES string of the molecule is CCC(=O)CN(C)c1nnc(Cn2nccn2)n1-c1ccc(Cl)cc1. The molecule has 0 N–H and O–H groups in total. The molecule has 0 bridgehead atoms. The summed E-state index contributed by atoms with van der Waals surface area (Å²) >= 11 is 6.00. The van der Waals surface area contributed by atoms with Crippen molar-refractivity contribution < 1.29 is 4.79 Å². The summed E-state index contributed by atoms with van der Waals surface area (Å²) in [7, 11) is 1.82. The standard InChI is InChI=1S/C16H18ClN7O/c1-3-14(25)10-22(2)16-21-20-15(11-23-18-8-9-19-23)24(16)13-6-4-12(17)5-7-13/h4-9H,3,10-11H2,1-2H3. The number of hydrogen-bond donors (Lipinski definition) is 0. The summed E-state index contributed by atoms with van der Waals surface area (Å²) < 4.78 is 1.88. The number of halogens is 1. The Labute approximate surface area is 150 Å². The largest absolute Gasteiger partial charge is 0.336 e. The normalized spacial score (nSPS) is 10.8. The van der Waals surface area contributed by atoms with E-state index in [-0.39, 0.29) is 12.3 Å². The maximum atomic E-state index is 11.8. The average Bonchev–Trinajstić information content (AvgIpc) is 3.26. The van der Waals surface area contributed by atoms with Crippen LogP contribution in [0.2, 0.25) is 5.02 Å². The molecule has 1 aromatic carbocycles. The molecule has 0 spiro atoms.